The smallest absolute Gasteiger partial charge is 0.359 e. The highest BCUT2D eigenvalue weighted by atomic mass is 35.5. The Hall–Kier alpha value is -3.76. The van der Waals surface area contributed by atoms with Gasteiger partial charge in [-0.2, -0.15) is 5.10 Å². The second-order valence-electron chi connectivity index (χ2n) is 7.12. The zero-order valence-electron chi connectivity index (χ0n) is 18.1. The lowest BCUT2D eigenvalue weighted by Crippen LogP contribution is -2.13. The van der Waals surface area contributed by atoms with Crippen molar-refractivity contribution >= 4 is 35.0 Å². The standard InChI is InChI=1S/C23H17Cl2F2N5O3/c1-34-20-16(24)7-6-15(18(20)27)21-30-19(23(33)35-11-14-8-9-29-32-14)17(25)22(31-21)28-10-12-2-4-13(26)5-3-12/h2-9H,10-11H2,1H3,(H,29,32)(H,28,30,31). The molecule has 2 aromatic carbocycles. The first-order chi connectivity index (χ1) is 16.9. The van der Waals surface area contributed by atoms with Crippen molar-refractivity contribution in [1.29, 1.82) is 0 Å². The molecule has 0 saturated heterocycles. The van der Waals surface area contributed by atoms with E-state index in [1.165, 1.54) is 31.4 Å². The number of aromatic nitrogens is 4. The van der Waals surface area contributed by atoms with Crippen LogP contribution in [0.3, 0.4) is 0 Å². The molecule has 35 heavy (non-hydrogen) atoms. The zero-order chi connectivity index (χ0) is 24.9. The van der Waals surface area contributed by atoms with Gasteiger partial charge in [-0.15, -0.1) is 0 Å². The predicted octanol–water partition coefficient (Wildman–Crippen LogP) is 5.43. The van der Waals surface area contributed by atoms with Crippen molar-refractivity contribution in [3.05, 3.63) is 87.3 Å². The van der Waals surface area contributed by atoms with Gasteiger partial charge in [-0.1, -0.05) is 35.3 Å². The minimum atomic E-state index is -0.868. The number of esters is 1. The molecule has 2 aromatic heterocycles. The van der Waals surface area contributed by atoms with Gasteiger partial charge in [-0.3, -0.25) is 5.10 Å². The second kappa shape index (κ2) is 10.7. The fraction of sp³-hybridized carbons (Fsp3) is 0.130. The maximum absolute atomic E-state index is 15.1. The van der Waals surface area contributed by atoms with Crippen LogP contribution in [0.25, 0.3) is 11.4 Å². The van der Waals surface area contributed by atoms with Crippen LogP contribution in [-0.2, 0) is 17.9 Å². The molecule has 0 bridgehead atoms. The quantitative estimate of drug-likeness (QED) is 0.299. The molecule has 0 aliphatic rings. The zero-order valence-corrected chi connectivity index (χ0v) is 19.6. The highest BCUT2D eigenvalue weighted by Gasteiger charge is 2.24. The van der Waals surface area contributed by atoms with E-state index in [4.69, 9.17) is 32.7 Å². The maximum atomic E-state index is 15.1. The Balaban J connectivity index is 1.72. The van der Waals surface area contributed by atoms with Crippen molar-refractivity contribution in [3.8, 4) is 17.1 Å². The first-order valence-corrected chi connectivity index (χ1v) is 10.9. The average Bonchev–Trinajstić information content (AvgIpc) is 3.37. The van der Waals surface area contributed by atoms with E-state index in [2.05, 4.69) is 25.5 Å². The summed E-state index contributed by atoms with van der Waals surface area (Å²) in [5.74, 6) is -2.39. The van der Waals surface area contributed by atoms with E-state index >= 15 is 4.39 Å². The Bertz CT molecular complexity index is 1350. The predicted molar refractivity (Wildman–Crippen MR) is 125 cm³/mol. The number of carbonyl (C=O) groups is 1. The number of hydrogen-bond acceptors (Lipinski definition) is 7. The van der Waals surface area contributed by atoms with Gasteiger partial charge in [0.15, 0.2) is 23.1 Å². The van der Waals surface area contributed by atoms with Gasteiger partial charge in [-0.25, -0.2) is 23.5 Å². The third-order valence-electron chi connectivity index (χ3n) is 4.82. The molecule has 0 atom stereocenters. The van der Waals surface area contributed by atoms with Crippen molar-refractivity contribution in [3.63, 3.8) is 0 Å². The molecule has 4 aromatic rings. The SMILES string of the molecule is COc1c(Cl)ccc(-c2nc(NCc3ccc(F)cc3)c(Cl)c(C(=O)OCc3cc[nH]n3)n2)c1F. The third kappa shape index (κ3) is 5.50. The monoisotopic (exact) mass is 519 g/mol. The highest BCUT2D eigenvalue weighted by molar-refractivity contribution is 6.35. The van der Waals surface area contributed by atoms with Gasteiger partial charge in [0, 0.05) is 12.7 Å². The number of H-pyrrole nitrogens is 1. The number of rotatable bonds is 8. The van der Waals surface area contributed by atoms with Crippen LogP contribution < -0.4 is 10.1 Å². The molecule has 4 rings (SSSR count). The summed E-state index contributed by atoms with van der Waals surface area (Å²) >= 11 is 12.4. The van der Waals surface area contributed by atoms with Crippen LogP contribution in [-0.4, -0.2) is 33.2 Å². The number of hydrogen-bond donors (Lipinski definition) is 2. The first kappa shape index (κ1) is 24.4. The molecule has 0 fully saturated rings. The number of nitrogens with zero attached hydrogens (tertiary/aromatic N) is 3. The molecule has 0 saturated carbocycles. The minimum Gasteiger partial charge on any atom is -0.492 e. The lowest BCUT2D eigenvalue weighted by molar-refractivity contribution is 0.0461. The van der Waals surface area contributed by atoms with Crippen LogP contribution in [0.1, 0.15) is 21.7 Å². The summed E-state index contributed by atoms with van der Waals surface area (Å²) in [5, 5.41) is 9.41. The van der Waals surface area contributed by atoms with E-state index in [9.17, 15) is 9.18 Å². The van der Waals surface area contributed by atoms with Gasteiger partial charge in [0.2, 0.25) is 0 Å². The van der Waals surface area contributed by atoms with E-state index in [0.717, 1.165) is 0 Å². The number of carbonyl (C=O) groups excluding carboxylic acids is 1. The Morgan fingerprint density at radius 3 is 2.54 bits per heavy atom. The van der Waals surface area contributed by atoms with E-state index in [0.29, 0.717) is 11.3 Å². The maximum Gasteiger partial charge on any atom is 0.359 e. The number of anilines is 1. The Labute approximate surface area is 208 Å². The Morgan fingerprint density at radius 2 is 1.86 bits per heavy atom. The molecule has 0 radical (unpaired) electrons. The number of methoxy groups -OCH3 is 1. The highest BCUT2D eigenvalue weighted by Crippen LogP contribution is 2.35. The van der Waals surface area contributed by atoms with Crippen LogP contribution in [0.4, 0.5) is 14.6 Å². The molecule has 12 heteroatoms. The summed E-state index contributed by atoms with van der Waals surface area (Å²) in [6, 6.07) is 10.1. The number of aromatic amines is 1. The van der Waals surface area contributed by atoms with Gasteiger partial charge in [0.1, 0.15) is 23.3 Å². The second-order valence-corrected chi connectivity index (χ2v) is 7.91. The molecule has 0 aliphatic carbocycles. The molecular formula is C23H17Cl2F2N5O3. The molecule has 2 N–H and O–H groups in total. The summed E-state index contributed by atoms with van der Waals surface area (Å²) in [6.07, 6.45) is 1.58. The first-order valence-electron chi connectivity index (χ1n) is 10.1. The Kier molecular flexibility index (Phi) is 7.42. The molecule has 180 valence electrons. The lowest BCUT2D eigenvalue weighted by atomic mass is 10.1. The van der Waals surface area contributed by atoms with E-state index in [1.807, 2.05) is 0 Å². The van der Waals surface area contributed by atoms with Crippen LogP contribution in [0.5, 0.6) is 5.75 Å². The fourth-order valence-corrected chi connectivity index (χ4v) is 3.53. The molecule has 0 unspecified atom stereocenters. The fourth-order valence-electron chi connectivity index (χ4n) is 3.08. The van der Waals surface area contributed by atoms with E-state index in [1.54, 1.807) is 24.4 Å². The summed E-state index contributed by atoms with van der Waals surface area (Å²) < 4.78 is 38.6. The van der Waals surface area contributed by atoms with Gasteiger partial charge in [0.25, 0.3) is 0 Å². The minimum absolute atomic E-state index is 0.0426. The van der Waals surface area contributed by atoms with Crippen molar-refractivity contribution < 1.29 is 23.0 Å². The molecule has 0 amide bonds. The van der Waals surface area contributed by atoms with Crippen LogP contribution in [0.15, 0.2) is 48.7 Å². The topological polar surface area (TPSA) is 102 Å². The number of benzene rings is 2. The summed E-state index contributed by atoms with van der Waals surface area (Å²) in [6.45, 7) is 0.0457. The molecule has 8 nitrogen and oxygen atoms in total. The normalized spacial score (nSPS) is 10.8. The summed E-state index contributed by atoms with van der Waals surface area (Å²) in [4.78, 5) is 21.3. The Morgan fingerprint density at radius 1 is 1.09 bits per heavy atom. The number of halogens is 4. The largest absolute Gasteiger partial charge is 0.492 e. The van der Waals surface area contributed by atoms with Crippen LogP contribution >= 0.6 is 23.2 Å². The van der Waals surface area contributed by atoms with Crippen molar-refractivity contribution in [2.24, 2.45) is 0 Å². The molecular weight excluding hydrogens is 503 g/mol. The van der Waals surface area contributed by atoms with E-state index in [-0.39, 0.29) is 57.7 Å². The third-order valence-corrected chi connectivity index (χ3v) is 5.48. The van der Waals surface area contributed by atoms with Crippen molar-refractivity contribution in [2.75, 3.05) is 12.4 Å². The number of ether oxygens (including phenoxy) is 2. The number of nitrogens with one attached hydrogen (secondary N) is 2. The van der Waals surface area contributed by atoms with Gasteiger partial charge >= 0.3 is 5.97 Å². The van der Waals surface area contributed by atoms with Gasteiger partial charge < -0.3 is 14.8 Å². The lowest BCUT2D eigenvalue weighted by Gasteiger charge is -2.14. The van der Waals surface area contributed by atoms with Crippen LogP contribution in [0, 0.1) is 11.6 Å². The molecule has 0 spiro atoms. The van der Waals surface area contributed by atoms with Crippen molar-refractivity contribution in [1.82, 2.24) is 20.2 Å². The molecule has 2 heterocycles. The summed E-state index contributed by atoms with van der Waals surface area (Å²) in [5.41, 5.74) is 0.827. The van der Waals surface area contributed by atoms with E-state index < -0.39 is 11.8 Å². The average molecular weight is 520 g/mol. The summed E-state index contributed by atoms with van der Waals surface area (Å²) in [7, 11) is 1.27. The van der Waals surface area contributed by atoms with Crippen molar-refractivity contribution in [2.45, 2.75) is 13.2 Å². The van der Waals surface area contributed by atoms with Gasteiger partial charge in [0.05, 0.1) is 23.4 Å². The van der Waals surface area contributed by atoms with Gasteiger partial charge in [-0.05, 0) is 35.9 Å². The molecule has 0 aliphatic heterocycles. The van der Waals surface area contributed by atoms with Crippen LogP contribution in [0.2, 0.25) is 10.0 Å².